The van der Waals surface area contributed by atoms with Crippen LogP contribution in [0.4, 0.5) is 5.69 Å². The molecule has 5 heteroatoms. The van der Waals surface area contributed by atoms with Crippen LogP contribution in [0.3, 0.4) is 0 Å². The van der Waals surface area contributed by atoms with E-state index in [9.17, 15) is 9.59 Å². The van der Waals surface area contributed by atoms with Crippen LogP contribution in [0.15, 0.2) is 24.3 Å². The van der Waals surface area contributed by atoms with Gasteiger partial charge in [0.2, 0.25) is 0 Å². The van der Waals surface area contributed by atoms with Gasteiger partial charge in [0.05, 0.1) is 0 Å². The predicted molar refractivity (Wildman–Crippen MR) is 100 cm³/mol. The van der Waals surface area contributed by atoms with Crippen LogP contribution in [0.25, 0.3) is 0 Å². The molecular weight excluding hydrogens is 334 g/mol. The van der Waals surface area contributed by atoms with Crippen molar-refractivity contribution >= 4 is 28.9 Å². The number of hydrogen-bond acceptors (Lipinski definition) is 4. The quantitative estimate of drug-likeness (QED) is 0.790. The third kappa shape index (κ3) is 3.93. The Bertz CT molecular complexity index is 750. The Hall–Kier alpha value is -2.14. The zero-order chi connectivity index (χ0) is 17.8. The number of hydrogen-bond donors (Lipinski definition) is 1. The molecule has 25 heavy (non-hydrogen) atoms. The fraction of sp³-hybridized carbons (Fsp3) is 0.400. The van der Waals surface area contributed by atoms with Gasteiger partial charge in [-0.1, -0.05) is 32.0 Å². The minimum absolute atomic E-state index is 0.261. The van der Waals surface area contributed by atoms with Crippen molar-refractivity contribution in [2.75, 3.05) is 11.9 Å². The Kier molecular flexibility index (Phi) is 5.53. The lowest BCUT2D eigenvalue weighted by atomic mass is 10.0. The van der Waals surface area contributed by atoms with Crippen molar-refractivity contribution in [1.29, 1.82) is 0 Å². The van der Waals surface area contributed by atoms with Crippen LogP contribution in [0, 0.1) is 0 Å². The molecular formula is C20H23NO3S. The number of carbonyl (C=O) groups excluding carboxylic acids is 2. The summed E-state index contributed by atoms with van der Waals surface area (Å²) in [5.74, 6) is -0.706. The molecule has 0 bridgehead atoms. The molecule has 0 saturated heterocycles. The molecule has 2 aromatic rings. The molecule has 1 heterocycles. The molecule has 4 nitrogen and oxygen atoms in total. The van der Waals surface area contributed by atoms with Crippen LogP contribution < -0.4 is 5.32 Å². The van der Waals surface area contributed by atoms with Gasteiger partial charge in [0, 0.05) is 10.6 Å². The molecule has 1 aliphatic rings. The maximum absolute atomic E-state index is 12.2. The van der Waals surface area contributed by atoms with Gasteiger partial charge in [0.1, 0.15) is 4.88 Å². The number of thiophene rings is 1. The minimum Gasteiger partial charge on any atom is -0.451 e. The number of benzene rings is 1. The second-order valence-corrected chi connectivity index (χ2v) is 7.33. The van der Waals surface area contributed by atoms with Crippen LogP contribution in [0.5, 0.6) is 0 Å². The fourth-order valence-corrected chi connectivity index (χ4v) is 4.36. The van der Waals surface area contributed by atoms with Gasteiger partial charge >= 0.3 is 5.97 Å². The Morgan fingerprint density at radius 1 is 1.16 bits per heavy atom. The highest BCUT2D eigenvalue weighted by atomic mass is 32.1. The number of para-hydroxylation sites is 1. The summed E-state index contributed by atoms with van der Waals surface area (Å²) in [5.41, 5.74) is 4.29. The van der Waals surface area contributed by atoms with E-state index < -0.39 is 5.97 Å². The summed E-state index contributed by atoms with van der Waals surface area (Å²) in [4.78, 5) is 26.3. The van der Waals surface area contributed by atoms with Crippen LogP contribution in [0.1, 0.15) is 51.5 Å². The normalized spacial score (nSPS) is 12.7. The van der Waals surface area contributed by atoms with Crippen molar-refractivity contribution in [3.05, 3.63) is 50.7 Å². The monoisotopic (exact) mass is 357 g/mol. The van der Waals surface area contributed by atoms with Crippen molar-refractivity contribution in [1.82, 2.24) is 0 Å². The van der Waals surface area contributed by atoms with Crippen molar-refractivity contribution in [2.45, 2.75) is 46.0 Å². The molecule has 1 aromatic carbocycles. The van der Waals surface area contributed by atoms with E-state index in [4.69, 9.17) is 4.74 Å². The maximum Gasteiger partial charge on any atom is 0.348 e. The minimum atomic E-state index is -0.408. The number of amides is 1. The number of aryl methyl sites for hydroxylation is 4. The fourth-order valence-electron chi connectivity index (χ4n) is 3.21. The molecule has 1 aromatic heterocycles. The lowest BCUT2D eigenvalue weighted by Gasteiger charge is -2.14. The van der Waals surface area contributed by atoms with Crippen LogP contribution in [-0.2, 0) is 35.2 Å². The Morgan fingerprint density at radius 2 is 1.88 bits per heavy atom. The summed E-state index contributed by atoms with van der Waals surface area (Å²) in [5, 5.41) is 2.91. The number of ether oxygens (including phenoxy) is 1. The molecule has 0 radical (unpaired) electrons. The van der Waals surface area contributed by atoms with Gasteiger partial charge in [-0.3, -0.25) is 4.79 Å². The van der Waals surface area contributed by atoms with Gasteiger partial charge in [0.15, 0.2) is 6.61 Å². The highest BCUT2D eigenvalue weighted by molar-refractivity contribution is 7.14. The summed E-state index contributed by atoms with van der Waals surface area (Å²) in [6.07, 6.45) is 4.91. The molecule has 0 aliphatic heterocycles. The third-order valence-electron chi connectivity index (χ3n) is 4.55. The summed E-state index contributed by atoms with van der Waals surface area (Å²) >= 11 is 1.49. The summed E-state index contributed by atoms with van der Waals surface area (Å²) in [6, 6.07) is 7.93. The van der Waals surface area contributed by atoms with E-state index in [0.717, 1.165) is 48.9 Å². The highest BCUT2D eigenvalue weighted by Crippen LogP contribution is 2.31. The molecule has 0 unspecified atom stereocenters. The molecule has 1 N–H and O–H groups in total. The first-order chi connectivity index (χ1) is 12.1. The number of nitrogens with one attached hydrogen (secondary N) is 1. The SMILES string of the molecule is CCc1cccc(CC)c1NC(=O)COC(=O)c1cc2c(s1)CCC2. The molecule has 1 amide bonds. The van der Waals surface area contributed by atoms with E-state index in [1.54, 1.807) is 0 Å². The zero-order valence-electron chi connectivity index (χ0n) is 14.7. The van der Waals surface area contributed by atoms with Gasteiger partial charge in [0.25, 0.3) is 5.91 Å². The van der Waals surface area contributed by atoms with Crippen LogP contribution in [-0.4, -0.2) is 18.5 Å². The topological polar surface area (TPSA) is 55.4 Å². The number of esters is 1. The van der Waals surface area contributed by atoms with E-state index in [2.05, 4.69) is 19.2 Å². The van der Waals surface area contributed by atoms with Gasteiger partial charge in [-0.05, 0) is 54.9 Å². The first-order valence-corrected chi connectivity index (χ1v) is 9.63. The number of rotatable bonds is 6. The summed E-state index contributed by atoms with van der Waals surface area (Å²) in [6.45, 7) is 3.85. The van der Waals surface area contributed by atoms with Gasteiger partial charge in [-0.15, -0.1) is 11.3 Å². The zero-order valence-corrected chi connectivity index (χ0v) is 15.5. The molecule has 0 saturated carbocycles. The molecule has 1 aliphatic carbocycles. The second-order valence-electron chi connectivity index (χ2n) is 6.20. The number of anilines is 1. The van der Waals surface area contributed by atoms with E-state index in [1.807, 2.05) is 24.3 Å². The smallest absolute Gasteiger partial charge is 0.348 e. The lowest BCUT2D eigenvalue weighted by molar-refractivity contribution is -0.119. The Labute approximate surface area is 152 Å². The maximum atomic E-state index is 12.2. The Morgan fingerprint density at radius 3 is 2.52 bits per heavy atom. The van der Waals surface area contributed by atoms with Crippen molar-refractivity contribution < 1.29 is 14.3 Å². The average molecular weight is 357 g/mol. The molecule has 0 fully saturated rings. The third-order valence-corrected chi connectivity index (χ3v) is 5.76. The van der Waals surface area contributed by atoms with Gasteiger partial charge in [-0.2, -0.15) is 0 Å². The largest absolute Gasteiger partial charge is 0.451 e. The van der Waals surface area contributed by atoms with Crippen LogP contribution in [0.2, 0.25) is 0 Å². The Balaban J connectivity index is 1.60. The first-order valence-electron chi connectivity index (χ1n) is 8.81. The summed E-state index contributed by atoms with van der Waals surface area (Å²) < 4.78 is 5.21. The van der Waals surface area contributed by atoms with E-state index in [1.165, 1.54) is 21.8 Å². The number of fused-ring (bicyclic) bond motifs is 1. The predicted octanol–water partition coefficient (Wildman–Crippen LogP) is 4.16. The lowest BCUT2D eigenvalue weighted by Crippen LogP contribution is -2.22. The molecule has 3 rings (SSSR count). The van der Waals surface area contributed by atoms with Crippen LogP contribution >= 0.6 is 11.3 Å². The van der Waals surface area contributed by atoms with E-state index in [0.29, 0.717) is 4.88 Å². The molecule has 0 spiro atoms. The standard InChI is InChI=1S/C20H23NO3S/c1-3-13-7-5-8-14(4-2)19(13)21-18(22)12-24-20(23)17-11-15-9-6-10-16(15)25-17/h5,7-8,11H,3-4,6,9-10,12H2,1-2H3,(H,21,22). The molecule has 132 valence electrons. The van der Waals surface area contributed by atoms with Crippen molar-refractivity contribution in [3.8, 4) is 0 Å². The van der Waals surface area contributed by atoms with E-state index in [-0.39, 0.29) is 12.5 Å². The highest BCUT2D eigenvalue weighted by Gasteiger charge is 2.20. The van der Waals surface area contributed by atoms with E-state index >= 15 is 0 Å². The second kappa shape index (κ2) is 7.83. The first kappa shape index (κ1) is 17.7. The average Bonchev–Trinajstić information content (AvgIpc) is 3.21. The van der Waals surface area contributed by atoms with Crippen molar-refractivity contribution in [3.63, 3.8) is 0 Å². The van der Waals surface area contributed by atoms with Crippen molar-refractivity contribution in [2.24, 2.45) is 0 Å². The number of carbonyl (C=O) groups is 2. The molecule has 0 atom stereocenters. The summed E-state index contributed by atoms with van der Waals surface area (Å²) in [7, 11) is 0. The van der Waals surface area contributed by atoms with Gasteiger partial charge in [-0.25, -0.2) is 4.79 Å². The van der Waals surface area contributed by atoms with Gasteiger partial charge < -0.3 is 10.1 Å².